The second kappa shape index (κ2) is 7.46. The van der Waals surface area contributed by atoms with Gasteiger partial charge in [-0.2, -0.15) is 13.2 Å². The first-order chi connectivity index (χ1) is 12.0. The Balaban J connectivity index is 0.000000342. The molecule has 0 aliphatic heterocycles. The second-order valence-corrected chi connectivity index (χ2v) is 6.68. The summed E-state index contributed by atoms with van der Waals surface area (Å²) in [6.07, 6.45) is -3.94. The molecule has 0 radical (unpaired) electrons. The van der Waals surface area contributed by atoms with Crippen molar-refractivity contribution in [2.75, 3.05) is 0 Å². The van der Waals surface area contributed by atoms with Crippen LogP contribution in [-0.4, -0.2) is 26.2 Å². The van der Waals surface area contributed by atoms with E-state index in [1.165, 1.54) is 4.88 Å². The van der Waals surface area contributed by atoms with Crippen LogP contribution in [0.15, 0.2) is 29.8 Å². The quantitative estimate of drug-likeness (QED) is 0.612. The van der Waals surface area contributed by atoms with Gasteiger partial charge < -0.3 is 5.11 Å². The number of carboxylic acid groups (broad SMARTS) is 1. The molecule has 0 saturated carbocycles. The number of hydrogen-bond acceptors (Lipinski definition) is 4. The molecule has 10 heteroatoms. The normalized spacial score (nSPS) is 11.2. The molecule has 0 amide bonds. The third-order valence-corrected chi connectivity index (χ3v) is 4.37. The smallest absolute Gasteiger partial charge is 0.420 e. The molecule has 0 bridgehead atoms. The third-order valence-electron chi connectivity index (χ3n) is 3.21. The molecule has 1 N–H and O–H groups in total. The molecule has 0 spiro atoms. The lowest BCUT2D eigenvalue weighted by Crippen LogP contribution is -2.11. The molecule has 0 aliphatic carbocycles. The van der Waals surface area contributed by atoms with Gasteiger partial charge in [-0.3, -0.25) is 9.20 Å². The zero-order chi connectivity index (χ0) is 19.6. The average molecular weight is 405 g/mol. The van der Waals surface area contributed by atoms with E-state index in [1.54, 1.807) is 11.3 Å². The van der Waals surface area contributed by atoms with Crippen molar-refractivity contribution in [3.8, 4) is 0 Å². The van der Waals surface area contributed by atoms with Crippen molar-refractivity contribution < 1.29 is 27.9 Å². The summed E-state index contributed by atoms with van der Waals surface area (Å²) in [6, 6.07) is 4.61. The van der Waals surface area contributed by atoms with Crippen LogP contribution in [0, 0.1) is 6.92 Å². The van der Waals surface area contributed by atoms with E-state index in [0.29, 0.717) is 6.07 Å². The zero-order valence-electron chi connectivity index (χ0n) is 13.5. The van der Waals surface area contributed by atoms with Gasteiger partial charge in [0.2, 0.25) is 0 Å². The van der Waals surface area contributed by atoms with Crippen molar-refractivity contribution in [3.05, 3.63) is 56.6 Å². The van der Waals surface area contributed by atoms with Crippen molar-refractivity contribution in [2.45, 2.75) is 20.0 Å². The Labute approximate surface area is 154 Å². The Morgan fingerprint density at radius 3 is 2.38 bits per heavy atom. The summed E-state index contributed by atoms with van der Waals surface area (Å²) in [5.74, 6) is -2.17. The van der Waals surface area contributed by atoms with Crippen LogP contribution in [0.2, 0.25) is 5.15 Å². The van der Waals surface area contributed by atoms with Gasteiger partial charge in [0.1, 0.15) is 10.8 Å². The van der Waals surface area contributed by atoms with Crippen LogP contribution in [0.25, 0.3) is 5.65 Å². The zero-order valence-corrected chi connectivity index (χ0v) is 15.0. The Kier molecular flexibility index (Phi) is 5.72. The Morgan fingerprint density at radius 2 is 2.00 bits per heavy atom. The summed E-state index contributed by atoms with van der Waals surface area (Å²) in [6.45, 7) is 3.20. The van der Waals surface area contributed by atoms with E-state index in [9.17, 15) is 22.8 Å². The molecule has 3 aromatic rings. The lowest BCUT2D eigenvalue weighted by molar-refractivity contribution is -0.136. The van der Waals surface area contributed by atoms with Crippen LogP contribution >= 0.6 is 22.9 Å². The number of Topliss-reactive ketones (excluding diaryl/α,β-unsaturated/α-hetero) is 1. The molecule has 0 atom stereocenters. The molecule has 3 heterocycles. The van der Waals surface area contributed by atoms with E-state index >= 15 is 0 Å². The monoisotopic (exact) mass is 404 g/mol. The molecular formula is C16H12ClF3N2O3S. The fraction of sp³-hybridized carbons (Fsp3) is 0.188. The van der Waals surface area contributed by atoms with Crippen molar-refractivity contribution in [1.82, 2.24) is 9.38 Å². The van der Waals surface area contributed by atoms with Crippen LogP contribution in [0.5, 0.6) is 0 Å². The minimum atomic E-state index is -4.82. The molecule has 138 valence electrons. The number of carbonyl (C=O) groups excluding carboxylic acids is 1. The Bertz CT molecular complexity index is 965. The number of pyridine rings is 1. The van der Waals surface area contributed by atoms with Gasteiger partial charge in [-0.05, 0) is 24.4 Å². The van der Waals surface area contributed by atoms with Crippen LogP contribution in [-0.2, 0) is 6.18 Å². The van der Waals surface area contributed by atoms with Gasteiger partial charge in [0.05, 0.1) is 11.1 Å². The highest BCUT2D eigenvalue weighted by Crippen LogP contribution is 2.34. The predicted molar refractivity (Wildman–Crippen MR) is 91.2 cm³/mol. The van der Waals surface area contributed by atoms with E-state index in [2.05, 4.69) is 29.4 Å². The van der Waals surface area contributed by atoms with Gasteiger partial charge >= 0.3 is 12.1 Å². The molecule has 0 unspecified atom stereocenters. The molecule has 0 aromatic carbocycles. The number of carboxylic acids is 1. The number of aromatic nitrogens is 2. The van der Waals surface area contributed by atoms with Gasteiger partial charge in [-0.15, -0.1) is 11.3 Å². The van der Waals surface area contributed by atoms with E-state index in [4.69, 9.17) is 16.7 Å². The van der Waals surface area contributed by atoms with Gasteiger partial charge in [0.25, 0.3) is 0 Å². The average Bonchev–Trinajstić information content (AvgIpc) is 3.13. The summed E-state index contributed by atoms with van der Waals surface area (Å²) in [5.41, 5.74) is -2.84. The lowest BCUT2D eigenvalue weighted by Gasteiger charge is -2.09. The number of carbonyl (C=O) groups is 2. The first kappa shape index (κ1) is 19.9. The van der Waals surface area contributed by atoms with Crippen molar-refractivity contribution in [1.29, 1.82) is 0 Å². The fourth-order valence-corrected chi connectivity index (χ4v) is 2.86. The van der Waals surface area contributed by atoms with E-state index in [1.807, 2.05) is 0 Å². The number of rotatable bonds is 2. The minimum Gasteiger partial charge on any atom is -0.478 e. The number of halogens is 4. The summed E-state index contributed by atoms with van der Waals surface area (Å²) < 4.78 is 39.5. The van der Waals surface area contributed by atoms with E-state index in [0.717, 1.165) is 17.5 Å². The van der Waals surface area contributed by atoms with Gasteiger partial charge in [0.15, 0.2) is 11.4 Å². The molecule has 5 nitrogen and oxygen atoms in total. The first-order valence-corrected chi connectivity index (χ1v) is 8.31. The largest absolute Gasteiger partial charge is 0.478 e. The summed E-state index contributed by atoms with van der Waals surface area (Å²) >= 11 is 7.55. The molecule has 0 aliphatic rings. The van der Waals surface area contributed by atoms with E-state index < -0.39 is 34.7 Å². The highest BCUT2D eigenvalue weighted by Gasteiger charge is 2.36. The lowest BCUT2D eigenvalue weighted by atomic mass is 10.2. The van der Waals surface area contributed by atoms with Crippen molar-refractivity contribution in [3.63, 3.8) is 0 Å². The predicted octanol–water partition coefficient (Wildman–Crippen LogP) is 4.96. The van der Waals surface area contributed by atoms with Crippen LogP contribution in [0.4, 0.5) is 13.2 Å². The number of imidazole rings is 1. The van der Waals surface area contributed by atoms with Crippen molar-refractivity contribution >= 4 is 40.3 Å². The first-order valence-electron chi connectivity index (χ1n) is 7.05. The second-order valence-electron chi connectivity index (χ2n) is 5.17. The summed E-state index contributed by atoms with van der Waals surface area (Å²) in [4.78, 5) is 27.1. The van der Waals surface area contributed by atoms with Gasteiger partial charge in [0, 0.05) is 18.0 Å². The number of aryl methyl sites for hydroxylation is 1. The number of hydrogen-bond donors (Lipinski definition) is 1. The van der Waals surface area contributed by atoms with Crippen LogP contribution in [0.3, 0.4) is 0 Å². The number of thiophene rings is 1. The molecule has 0 saturated heterocycles. The maximum absolute atomic E-state index is 12.9. The van der Waals surface area contributed by atoms with Crippen LogP contribution in [0.1, 0.15) is 38.2 Å². The van der Waals surface area contributed by atoms with E-state index in [-0.39, 0.29) is 10.8 Å². The van der Waals surface area contributed by atoms with Gasteiger partial charge in [-0.1, -0.05) is 17.7 Å². The Hall–Kier alpha value is -2.39. The standard InChI is InChI=1S/C11H6ClF3N2O3.C5H6S/c1-4(18)7-8(12)17-3-5(10(19)20)2-6(9(17)16-7)11(13,14)15;1-5-3-2-4-6-5/h2-3H,1H3,(H,19,20);2-4H,1H3. The SMILES string of the molecule is CC(=O)c1nc2c(C(F)(F)F)cc(C(=O)O)cn2c1Cl.Cc1cccs1. The highest BCUT2D eigenvalue weighted by atomic mass is 35.5. The maximum atomic E-state index is 12.9. The molecular weight excluding hydrogens is 393 g/mol. The Morgan fingerprint density at radius 1 is 1.35 bits per heavy atom. The number of nitrogens with zero attached hydrogens (tertiary/aromatic N) is 2. The molecule has 0 fully saturated rings. The topological polar surface area (TPSA) is 71.7 Å². The number of alkyl halides is 3. The minimum absolute atomic E-state index is 0.347. The summed E-state index contributed by atoms with van der Waals surface area (Å²) in [7, 11) is 0. The van der Waals surface area contributed by atoms with Crippen LogP contribution < -0.4 is 0 Å². The fourth-order valence-electron chi connectivity index (χ4n) is 2.03. The number of aromatic carboxylic acids is 1. The van der Waals surface area contributed by atoms with Gasteiger partial charge in [-0.25, -0.2) is 9.78 Å². The number of fused-ring (bicyclic) bond motifs is 1. The molecule has 26 heavy (non-hydrogen) atoms. The maximum Gasteiger partial charge on any atom is 0.420 e. The summed E-state index contributed by atoms with van der Waals surface area (Å²) in [5, 5.41) is 10.5. The van der Waals surface area contributed by atoms with Crippen molar-refractivity contribution in [2.24, 2.45) is 0 Å². The highest BCUT2D eigenvalue weighted by molar-refractivity contribution is 7.09. The molecule has 3 aromatic heterocycles. The number of ketones is 1. The third kappa shape index (κ3) is 4.23. The molecule has 3 rings (SSSR count).